The van der Waals surface area contributed by atoms with Crippen molar-refractivity contribution in [1.82, 2.24) is 15.2 Å². The lowest BCUT2D eigenvalue weighted by Crippen LogP contribution is -2.05. The van der Waals surface area contributed by atoms with E-state index in [4.69, 9.17) is 5.73 Å². The van der Waals surface area contributed by atoms with Gasteiger partial charge in [-0.1, -0.05) is 0 Å². The summed E-state index contributed by atoms with van der Waals surface area (Å²) in [6.45, 7) is 2.92. The van der Waals surface area contributed by atoms with E-state index in [1.165, 1.54) is 5.56 Å². The van der Waals surface area contributed by atoms with Crippen molar-refractivity contribution in [2.24, 2.45) is 0 Å². The molecule has 6 heteroatoms. The third-order valence-electron chi connectivity index (χ3n) is 3.41. The molecule has 3 aromatic rings. The third-order valence-corrected chi connectivity index (χ3v) is 4.21. The van der Waals surface area contributed by atoms with Crippen molar-refractivity contribution in [2.45, 2.75) is 19.8 Å². The minimum absolute atomic E-state index is 0.739. The van der Waals surface area contributed by atoms with Gasteiger partial charge in [0.05, 0.1) is 27.8 Å². The number of anilines is 2. The van der Waals surface area contributed by atoms with Crippen LogP contribution in [-0.4, -0.2) is 21.7 Å². The predicted molar refractivity (Wildman–Crippen MR) is 84.2 cm³/mol. The summed E-state index contributed by atoms with van der Waals surface area (Å²) in [5, 5.41) is 10.4. The number of nitrogens with two attached hydrogens (primary N) is 1. The van der Waals surface area contributed by atoms with Crippen LogP contribution in [0.3, 0.4) is 0 Å². The molecule has 0 radical (unpaired) electrons. The van der Waals surface area contributed by atoms with Gasteiger partial charge in [0.25, 0.3) is 0 Å². The molecule has 5 nitrogen and oxygen atoms in total. The minimum atomic E-state index is 0.739. The van der Waals surface area contributed by atoms with Crippen LogP contribution in [0.25, 0.3) is 10.2 Å². The Balaban J connectivity index is 1.60. The van der Waals surface area contributed by atoms with Gasteiger partial charge in [0.15, 0.2) is 0 Å². The van der Waals surface area contributed by atoms with Crippen molar-refractivity contribution in [2.75, 3.05) is 17.6 Å². The maximum absolute atomic E-state index is 6.13. The molecule has 3 rings (SSSR count). The maximum atomic E-state index is 6.13. The molecular formula is C14H17N5S. The van der Waals surface area contributed by atoms with Crippen molar-refractivity contribution < 1.29 is 0 Å². The van der Waals surface area contributed by atoms with E-state index >= 15 is 0 Å². The van der Waals surface area contributed by atoms with Crippen LogP contribution < -0.4 is 11.1 Å². The van der Waals surface area contributed by atoms with Gasteiger partial charge in [-0.05, 0) is 37.5 Å². The Morgan fingerprint density at radius 2 is 2.30 bits per heavy atom. The van der Waals surface area contributed by atoms with E-state index in [9.17, 15) is 0 Å². The number of hydrogen-bond acceptors (Lipinski definition) is 5. The summed E-state index contributed by atoms with van der Waals surface area (Å²) < 4.78 is 1.13. The first-order chi connectivity index (χ1) is 9.75. The van der Waals surface area contributed by atoms with Gasteiger partial charge in [0.2, 0.25) is 0 Å². The molecule has 0 atom stereocenters. The lowest BCUT2D eigenvalue weighted by molar-refractivity contribution is 0.858. The summed E-state index contributed by atoms with van der Waals surface area (Å²) in [5.74, 6) is 0. The van der Waals surface area contributed by atoms with Crippen LogP contribution in [0.5, 0.6) is 0 Å². The van der Waals surface area contributed by atoms with E-state index in [2.05, 4.69) is 26.6 Å². The molecular weight excluding hydrogens is 270 g/mol. The fourth-order valence-corrected chi connectivity index (χ4v) is 2.93. The van der Waals surface area contributed by atoms with Gasteiger partial charge in [-0.2, -0.15) is 5.10 Å². The van der Waals surface area contributed by atoms with E-state index in [1.54, 1.807) is 11.3 Å². The lowest BCUT2D eigenvalue weighted by Gasteiger charge is -2.09. The van der Waals surface area contributed by atoms with Gasteiger partial charge in [0, 0.05) is 12.2 Å². The molecule has 0 aliphatic heterocycles. The largest absolute Gasteiger partial charge is 0.395 e. The van der Waals surface area contributed by atoms with Crippen molar-refractivity contribution in [1.29, 1.82) is 0 Å². The van der Waals surface area contributed by atoms with Gasteiger partial charge in [0.1, 0.15) is 5.52 Å². The average Bonchev–Trinajstić information content (AvgIpc) is 3.06. The highest BCUT2D eigenvalue weighted by molar-refractivity contribution is 7.16. The molecule has 0 aliphatic rings. The monoisotopic (exact) mass is 287 g/mol. The fourth-order valence-electron chi connectivity index (χ4n) is 2.24. The molecule has 0 fully saturated rings. The number of nitrogens with one attached hydrogen (secondary N) is 2. The first kappa shape index (κ1) is 12.9. The molecule has 0 bridgehead atoms. The van der Waals surface area contributed by atoms with Crippen LogP contribution >= 0.6 is 11.3 Å². The molecule has 0 spiro atoms. The molecule has 20 heavy (non-hydrogen) atoms. The van der Waals surface area contributed by atoms with Gasteiger partial charge in [-0.15, -0.1) is 11.3 Å². The highest BCUT2D eigenvalue weighted by atomic mass is 32.1. The van der Waals surface area contributed by atoms with Crippen LogP contribution in [0.1, 0.15) is 17.7 Å². The summed E-state index contributed by atoms with van der Waals surface area (Å²) >= 11 is 1.61. The Labute approximate surface area is 121 Å². The minimum Gasteiger partial charge on any atom is -0.395 e. The van der Waals surface area contributed by atoms with Crippen molar-refractivity contribution >= 4 is 32.9 Å². The number of thiazole rings is 1. The maximum Gasteiger partial charge on any atom is 0.106 e. The summed E-state index contributed by atoms with van der Waals surface area (Å²) in [4.78, 5) is 4.30. The number of rotatable bonds is 5. The fraction of sp³-hybridized carbons (Fsp3) is 0.286. The average molecular weight is 287 g/mol. The van der Waals surface area contributed by atoms with E-state index in [1.807, 2.05) is 24.7 Å². The first-order valence-electron chi connectivity index (χ1n) is 6.60. The quantitative estimate of drug-likeness (QED) is 0.498. The van der Waals surface area contributed by atoms with Crippen molar-refractivity contribution in [3.05, 3.63) is 35.1 Å². The molecule has 0 aliphatic carbocycles. The van der Waals surface area contributed by atoms with Crippen LogP contribution in [0.4, 0.5) is 11.4 Å². The number of hydrogen-bond donors (Lipinski definition) is 3. The van der Waals surface area contributed by atoms with E-state index < -0.39 is 0 Å². The number of aromatic nitrogens is 3. The Morgan fingerprint density at radius 1 is 1.40 bits per heavy atom. The molecule has 1 aromatic carbocycles. The second-order valence-corrected chi connectivity index (χ2v) is 5.66. The van der Waals surface area contributed by atoms with E-state index in [0.29, 0.717) is 0 Å². The summed E-state index contributed by atoms with van der Waals surface area (Å²) in [6.07, 6.45) is 3.94. The third kappa shape index (κ3) is 2.46. The lowest BCUT2D eigenvalue weighted by atomic mass is 10.1. The highest BCUT2D eigenvalue weighted by Gasteiger charge is 2.06. The van der Waals surface area contributed by atoms with Crippen LogP contribution in [0, 0.1) is 6.92 Å². The number of fused-ring (bicyclic) bond motifs is 1. The van der Waals surface area contributed by atoms with Crippen LogP contribution in [0.2, 0.25) is 0 Å². The number of aryl methyl sites for hydroxylation is 2. The zero-order chi connectivity index (χ0) is 13.9. The standard InChI is InChI=1S/C14H17N5S/c1-9-10(7-18-19-9)3-2-6-16-11-4-5-12-14(13(11)15)17-8-20-12/h4-5,7-8,16H,2-3,6,15H2,1H3,(H,18,19). The number of aromatic amines is 1. The zero-order valence-electron chi connectivity index (χ0n) is 11.3. The molecule has 4 N–H and O–H groups in total. The van der Waals surface area contributed by atoms with Crippen molar-refractivity contribution in [3.63, 3.8) is 0 Å². The van der Waals surface area contributed by atoms with E-state index in [0.717, 1.165) is 46.7 Å². The number of nitrogens with zero attached hydrogens (tertiary/aromatic N) is 2. The van der Waals surface area contributed by atoms with Gasteiger partial charge < -0.3 is 11.1 Å². The predicted octanol–water partition coefficient (Wildman–Crippen LogP) is 2.95. The Bertz CT molecular complexity index is 715. The first-order valence-corrected chi connectivity index (χ1v) is 7.48. The second kappa shape index (κ2) is 5.50. The molecule has 0 saturated carbocycles. The molecule has 2 aromatic heterocycles. The molecule has 0 saturated heterocycles. The van der Waals surface area contributed by atoms with Crippen LogP contribution in [-0.2, 0) is 6.42 Å². The van der Waals surface area contributed by atoms with Gasteiger partial charge in [-0.3, -0.25) is 5.10 Å². The van der Waals surface area contributed by atoms with Crippen molar-refractivity contribution in [3.8, 4) is 0 Å². The van der Waals surface area contributed by atoms with Gasteiger partial charge in [-0.25, -0.2) is 4.98 Å². The summed E-state index contributed by atoms with van der Waals surface area (Å²) in [5.41, 5.74) is 13.0. The SMILES string of the molecule is Cc1[nH]ncc1CCCNc1ccc2scnc2c1N. The highest BCUT2D eigenvalue weighted by Crippen LogP contribution is 2.29. The molecule has 0 amide bonds. The second-order valence-electron chi connectivity index (χ2n) is 4.78. The Hall–Kier alpha value is -2.08. The van der Waals surface area contributed by atoms with E-state index in [-0.39, 0.29) is 0 Å². The molecule has 104 valence electrons. The topological polar surface area (TPSA) is 79.6 Å². The smallest absolute Gasteiger partial charge is 0.106 e. The normalized spacial score (nSPS) is 11.1. The molecule has 0 unspecified atom stereocenters. The number of benzene rings is 1. The summed E-state index contributed by atoms with van der Waals surface area (Å²) in [7, 11) is 0. The number of H-pyrrole nitrogens is 1. The Kier molecular flexibility index (Phi) is 3.56. The van der Waals surface area contributed by atoms with Gasteiger partial charge >= 0.3 is 0 Å². The number of nitrogen functional groups attached to an aromatic ring is 1. The van der Waals surface area contributed by atoms with Crippen LogP contribution in [0.15, 0.2) is 23.8 Å². The Morgan fingerprint density at radius 3 is 3.10 bits per heavy atom. The summed E-state index contributed by atoms with van der Waals surface area (Å²) in [6, 6.07) is 4.09. The molecule has 2 heterocycles. The zero-order valence-corrected chi connectivity index (χ0v) is 12.1.